The van der Waals surface area contributed by atoms with Gasteiger partial charge in [0.05, 0.1) is 22.6 Å². The molecule has 0 N–H and O–H groups in total. The number of fused-ring (bicyclic) bond motifs is 5. The molecule has 0 saturated heterocycles. The first kappa shape index (κ1) is 29.5. The van der Waals surface area contributed by atoms with Gasteiger partial charge in [0.2, 0.25) is 0 Å². The van der Waals surface area contributed by atoms with Gasteiger partial charge in [-0.15, -0.1) is 0 Å². The maximum atomic E-state index is 5.32. The first-order valence-corrected chi connectivity index (χ1v) is 16.4. The lowest BCUT2D eigenvalue weighted by atomic mass is 9.80. The molecule has 0 spiro atoms. The van der Waals surface area contributed by atoms with Gasteiger partial charge in [-0.2, -0.15) is 0 Å². The molecule has 2 heterocycles. The normalized spacial score (nSPS) is 13.8. The molecule has 0 fully saturated rings. The van der Waals surface area contributed by atoms with Gasteiger partial charge in [-0.3, -0.25) is 0 Å². The summed E-state index contributed by atoms with van der Waals surface area (Å²) >= 11 is 0. The van der Waals surface area contributed by atoms with E-state index in [0.29, 0.717) is 5.82 Å². The lowest BCUT2D eigenvalue weighted by Gasteiger charge is -2.23. The van der Waals surface area contributed by atoms with E-state index < -0.39 is 0 Å². The fourth-order valence-electron chi connectivity index (χ4n) is 7.28. The molecule has 0 amide bonds. The molecule has 5 aromatic carbocycles. The van der Waals surface area contributed by atoms with E-state index in [1.165, 1.54) is 27.7 Å². The fraction of sp³-hybridized carbons (Fsp3) is 0.0889. The number of rotatable bonds is 6. The number of hydrogen-bond acceptors (Lipinski definition) is 3. The van der Waals surface area contributed by atoms with E-state index in [4.69, 9.17) is 15.0 Å². The van der Waals surface area contributed by atoms with E-state index in [-0.39, 0.29) is 5.41 Å². The van der Waals surface area contributed by atoms with Crippen LogP contribution < -0.4 is 0 Å². The van der Waals surface area contributed by atoms with E-state index in [1.54, 1.807) is 0 Å². The summed E-state index contributed by atoms with van der Waals surface area (Å²) in [6.07, 6.45) is 6.40. The number of para-hydroxylation sites is 1. The Bertz CT molecular complexity index is 2380. The second-order valence-electron chi connectivity index (χ2n) is 12.8. The standard InChI is InChI=1S/C45H35N3/c1-5-16-33-36(6-2)45(3,4)37-26-25-35-41(42(33)37)34-23-13-14-24-38(34)46-43(35)32-22-15-21-31(27-32)40-28-39(29-17-9-7-10-18-29)47-44(48-40)30-19-11-8-12-20-30/h5-28H,2H2,1,3-4H3/b16-5-. The topological polar surface area (TPSA) is 38.7 Å². The maximum Gasteiger partial charge on any atom is 0.160 e. The third-order valence-electron chi connectivity index (χ3n) is 9.57. The summed E-state index contributed by atoms with van der Waals surface area (Å²) in [4.78, 5) is 15.4. The Kier molecular flexibility index (Phi) is 7.18. The number of pyridine rings is 1. The largest absolute Gasteiger partial charge is 0.247 e. The molecule has 3 nitrogen and oxygen atoms in total. The zero-order valence-corrected chi connectivity index (χ0v) is 27.4. The molecule has 48 heavy (non-hydrogen) atoms. The van der Waals surface area contributed by atoms with Crippen molar-refractivity contribution in [3.05, 3.63) is 169 Å². The van der Waals surface area contributed by atoms with Crippen LogP contribution in [0, 0.1) is 0 Å². The number of hydrogen-bond donors (Lipinski definition) is 0. The number of aromatic nitrogens is 3. The maximum absolute atomic E-state index is 5.32. The highest BCUT2D eigenvalue weighted by Crippen LogP contribution is 2.51. The van der Waals surface area contributed by atoms with Crippen molar-refractivity contribution in [1.29, 1.82) is 0 Å². The van der Waals surface area contributed by atoms with Crippen LogP contribution in [0.5, 0.6) is 0 Å². The molecule has 230 valence electrons. The summed E-state index contributed by atoms with van der Waals surface area (Å²) in [5.74, 6) is 0.700. The van der Waals surface area contributed by atoms with Crippen LogP contribution in [0.4, 0.5) is 0 Å². The lowest BCUT2D eigenvalue weighted by Crippen LogP contribution is -2.16. The number of allylic oxidation sites excluding steroid dienone is 5. The SMILES string of the molecule is C=CC1=C(/C=C\C)c2c(ccc3c(-c4cccc(-c5cc(-c6ccccc6)nc(-c6ccccc6)n5)c4)nc4ccccc4c23)C1(C)C. The van der Waals surface area contributed by atoms with E-state index in [1.807, 2.05) is 42.5 Å². The zero-order chi connectivity index (χ0) is 32.8. The third kappa shape index (κ3) is 4.78. The van der Waals surface area contributed by atoms with Gasteiger partial charge in [0.15, 0.2) is 5.82 Å². The average molecular weight is 618 g/mol. The van der Waals surface area contributed by atoms with Gasteiger partial charge < -0.3 is 0 Å². The summed E-state index contributed by atoms with van der Waals surface area (Å²) in [5.41, 5.74) is 12.7. The first-order valence-electron chi connectivity index (χ1n) is 16.4. The van der Waals surface area contributed by atoms with E-state index in [0.717, 1.165) is 55.6 Å². The highest BCUT2D eigenvalue weighted by molar-refractivity contribution is 6.17. The summed E-state index contributed by atoms with van der Waals surface area (Å²) < 4.78 is 0. The minimum absolute atomic E-state index is 0.162. The van der Waals surface area contributed by atoms with E-state index in [9.17, 15) is 0 Å². The first-order chi connectivity index (χ1) is 23.5. The monoisotopic (exact) mass is 617 g/mol. The second-order valence-corrected chi connectivity index (χ2v) is 12.8. The molecule has 2 aromatic heterocycles. The number of nitrogens with zero attached hydrogens (tertiary/aromatic N) is 3. The molecular formula is C45H35N3. The molecule has 0 bridgehead atoms. The van der Waals surface area contributed by atoms with Crippen molar-refractivity contribution in [1.82, 2.24) is 15.0 Å². The van der Waals surface area contributed by atoms with Crippen LogP contribution in [-0.4, -0.2) is 15.0 Å². The Balaban J connectivity index is 1.37. The van der Waals surface area contributed by atoms with Crippen molar-refractivity contribution in [3.8, 4) is 45.2 Å². The summed E-state index contributed by atoms with van der Waals surface area (Å²) in [6.45, 7) is 10.9. The molecule has 0 saturated carbocycles. The van der Waals surface area contributed by atoms with Crippen LogP contribution in [0.15, 0.2) is 158 Å². The Morgan fingerprint density at radius 1 is 0.604 bits per heavy atom. The molecule has 7 aromatic rings. The third-order valence-corrected chi connectivity index (χ3v) is 9.57. The molecular weight excluding hydrogens is 583 g/mol. The lowest BCUT2D eigenvalue weighted by molar-refractivity contribution is 0.655. The molecule has 8 rings (SSSR count). The van der Waals surface area contributed by atoms with Gasteiger partial charge in [-0.25, -0.2) is 15.0 Å². The van der Waals surface area contributed by atoms with Crippen molar-refractivity contribution >= 4 is 27.2 Å². The van der Waals surface area contributed by atoms with Crippen LogP contribution in [0.1, 0.15) is 31.9 Å². The van der Waals surface area contributed by atoms with Crippen molar-refractivity contribution in [2.24, 2.45) is 0 Å². The molecule has 0 radical (unpaired) electrons. The molecule has 1 aliphatic rings. The quantitative estimate of drug-likeness (QED) is 0.174. The predicted molar refractivity (Wildman–Crippen MR) is 202 cm³/mol. The van der Waals surface area contributed by atoms with Crippen molar-refractivity contribution in [2.75, 3.05) is 0 Å². The Morgan fingerprint density at radius 3 is 1.98 bits per heavy atom. The van der Waals surface area contributed by atoms with Gasteiger partial charge in [0.1, 0.15) is 0 Å². The molecule has 0 aliphatic heterocycles. The van der Waals surface area contributed by atoms with Crippen LogP contribution in [0.2, 0.25) is 0 Å². The van der Waals surface area contributed by atoms with Gasteiger partial charge in [-0.1, -0.05) is 148 Å². The van der Waals surface area contributed by atoms with Gasteiger partial charge in [0.25, 0.3) is 0 Å². The molecule has 0 atom stereocenters. The summed E-state index contributed by atoms with van der Waals surface area (Å²) in [6, 6.07) is 44.3. The highest BCUT2D eigenvalue weighted by Gasteiger charge is 2.37. The predicted octanol–water partition coefficient (Wildman–Crippen LogP) is 11.7. The highest BCUT2D eigenvalue weighted by atomic mass is 14.9. The second kappa shape index (κ2) is 11.7. The van der Waals surface area contributed by atoms with Crippen LogP contribution in [0.3, 0.4) is 0 Å². The van der Waals surface area contributed by atoms with Gasteiger partial charge in [0, 0.05) is 43.8 Å². The summed E-state index contributed by atoms with van der Waals surface area (Å²) in [5, 5.41) is 3.52. The Hall–Kier alpha value is -5.93. The minimum atomic E-state index is -0.162. The Labute approximate surface area is 281 Å². The molecule has 0 unspecified atom stereocenters. The molecule has 3 heteroatoms. The summed E-state index contributed by atoms with van der Waals surface area (Å²) in [7, 11) is 0. The zero-order valence-electron chi connectivity index (χ0n) is 27.4. The Morgan fingerprint density at radius 2 is 1.25 bits per heavy atom. The smallest absolute Gasteiger partial charge is 0.160 e. The van der Waals surface area contributed by atoms with Gasteiger partial charge in [-0.05, 0) is 47.4 Å². The van der Waals surface area contributed by atoms with E-state index in [2.05, 4.69) is 130 Å². The fourth-order valence-corrected chi connectivity index (χ4v) is 7.28. The van der Waals surface area contributed by atoms with Crippen molar-refractivity contribution in [3.63, 3.8) is 0 Å². The van der Waals surface area contributed by atoms with E-state index >= 15 is 0 Å². The van der Waals surface area contributed by atoms with Gasteiger partial charge >= 0.3 is 0 Å². The van der Waals surface area contributed by atoms with Crippen molar-refractivity contribution in [2.45, 2.75) is 26.2 Å². The van der Waals surface area contributed by atoms with Crippen LogP contribution in [-0.2, 0) is 5.41 Å². The van der Waals surface area contributed by atoms with Crippen LogP contribution in [0.25, 0.3) is 72.4 Å². The van der Waals surface area contributed by atoms with Crippen molar-refractivity contribution < 1.29 is 0 Å². The minimum Gasteiger partial charge on any atom is -0.247 e. The number of benzene rings is 5. The molecule has 1 aliphatic carbocycles. The average Bonchev–Trinajstić information content (AvgIpc) is 3.36. The van der Waals surface area contributed by atoms with Crippen LogP contribution >= 0.6 is 0 Å².